The van der Waals surface area contributed by atoms with Crippen LogP contribution >= 0.6 is 31.4 Å². The third-order valence-electron chi connectivity index (χ3n) is 5.78. The van der Waals surface area contributed by atoms with Gasteiger partial charge >= 0.3 is 17.1 Å². The molecule has 0 radical (unpaired) electrons. The van der Waals surface area contributed by atoms with Gasteiger partial charge in [0.15, 0.2) is 0 Å². The lowest BCUT2D eigenvalue weighted by molar-refractivity contribution is 0.252. The van der Waals surface area contributed by atoms with E-state index in [9.17, 15) is 0 Å². The van der Waals surface area contributed by atoms with E-state index in [-0.39, 0.29) is 0 Å². The Kier molecular flexibility index (Phi) is 13.2. The number of rotatable bonds is 16. The lowest BCUT2D eigenvalue weighted by Gasteiger charge is -2.30. The maximum Gasteiger partial charge on any atom is 0.372 e. The predicted molar refractivity (Wildman–Crippen MR) is 152 cm³/mol. The molecule has 9 heteroatoms. The van der Waals surface area contributed by atoms with Crippen LogP contribution in [0.25, 0.3) is 0 Å². The molecule has 0 amide bonds. The Bertz CT molecular complexity index is 712. The Hall–Kier alpha value is -0.236. The van der Waals surface area contributed by atoms with E-state index in [0.29, 0.717) is 11.8 Å². The van der Waals surface area contributed by atoms with Crippen LogP contribution in [0.4, 0.5) is 0 Å². The van der Waals surface area contributed by atoms with Crippen LogP contribution in [-0.2, 0) is 17.7 Å². The molecule has 0 N–H and O–H groups in total. The minimum Gasteiger partial charge on any atom is -0.394 e. The van der Waals surface area contributed by atoms with Crippen molar-refractivity contribution in [1.82, 2.24) is 0 Å². The van der Waals surface area contributed by atoms with E-state index in [1.165, 1.54) is 10.4 Å². The summed E-state index contributed by atoms with van der Waals surface area (Å²) in [5, 5.41) is 2.40. The molecule has 2 aromatic carbocycles. The Morgan fingerprint density at radius 1 is 0.606 bits per heavy atom. The molecule has 0 aromatic heterocycles. The van der Waals surface area contributed by atoms with E-state index in [4.69, 9.17) is 17.7 Å². The molecule has 184 valence electrons. The zero-order chi connectivity index (χ0) is 24.2. The van der Waals surface area contributed by atoms with Gasteiger partial charge in [-0.15, -0.1) is 0 Å². The molecular weight excluding hydrogens is 505 g/mol. The first kappa shape index (κ1) is 29.0. The van der Waals surface area contributed by atoms with Crippen molar-refractivity contribution in [1.29, 1.82) is 0 Å². The van der Waals surface area contributed by atoms with Crippen molar-refractivity contribution in [3.8, 4) is 0 Å². The van der Waals surface area contributed by atoms with Crippen molar-refractivity contribution >= 4 is 58.9 Å². The van der Waals surface area contributed by atoms with Crippen molar-refractivity contribution < 1.29 is 17.7 Å². The van der Waals surface area contributed by atoms with Crippen LogP contribution in [0.5, 0.6) is 0 Å². The van der Waals surface area contributed by atoms with Gasteiger partial charge in [0.1, 0.15) is 0 Å². The maximum absolute atomic E-state index is 5.98. The standard InChI is InChI=1S/C24H38O4S3Si2/c1-21(19-32(25-3,26-4)23-13-9-7-10-14-23)17-29-31-30-18-22(2)20-33(27-5,28-6)24-15-11-8-12-16-24/h7-16,21-22H,17-20H2,1-6H3. The molecule has 2 aromatic rings. The van der Waals surface area contributed by atoms with E-state index in [0.717, 1.165) is 23.6 Å². The third-order valence-corrected chi connectivity index (χ3v) is 18.0. The summed E-state index contributed by atoms with van der Waals surface area (Å²) in [4.78, 5) is 0. The largest absolute Gasteiger partial charge is 0.394 e. The van der Waals surface area contributed by atoms with Crippen molar-refractivity contribution in [2.24, 2.45) is 11.8 Å². The minimum absolute atomic E-state index is 0.507. The van der Waals surface area contributed by atoms with Crippen LogP contribution < -0.4 is 10.4 Å². The lowest BCUT2D eigenvalue weighted by atomic mass is 10.3. The summed E-state index contributed by atoms with van der Waals surface area (Å²) in [7, 11) is 8.10. The lowest BCUT2D eigenvalue weighted by Crippen LogP contribution is -2.53. The summed E-state index contributed by atoms with van der Waals surface area (Å²) >= 11 is 0. The van der Waals surface area contributed by atoms with Gasteiger partial charge in [-0.2, -0.15) is 0 Å². The van der Waals surface area contributed by atoms with Crippen LogP contribution in [0.2, 0.25) is 12.1 Å². The van der Waals surface area contributed by atoms with Gasteiger partial charge < -0.3 is 17.7 Å². The van der Waals surface area contributed by atoms with Gasteiger partial charge in [0.25, 0.3) is 0 Å². The fourth-order valence-electron chi connectivity index (χ4n) is 3.95. The van der Waals surface area contributed by atoms with Crippen LogP contribution in [0, 0.1) is 11.8 Å². The summed E-state index contributed by atoms with van der Waals surface area (Å²) in [5.74, 6) is 3.15. The van der Waals surface area contributed by atoms with Gasteiger partial charge in [-0.05, 0) is 44.1 Å². The molecule has 0 saturated heterocycles. The fourth-order valence-corrected chi connectivity index (χ4v) is 14.7. The zero-order valence-electron chi connectivity index (χ0n) is 20.6. The summed E-state index contributed by atoms with van der Waals surface area (Å²) in [5.41, 5.74) is 0. The summed E-state index contributed by atoms with van der Waals surface area (Å²) in [6.07, 6.45) is 0. The van der Waals surface area contributed by atoms with Gasteiger partial charge in [0.2, 0.25) is 0 Å². The number of hydrogen-bond donors (Lipinski definition) is 0. The number of hydrogen-bond acceptors (Lipinski definition) is 7. The molecule has 0 fully saturated rings. The second kappa shape index (κ2) is 15.0. The van der Waals surface area contributed by atoms with E-state index in [1.807, 2.05) is 43.5 Å². The Balaban J connectivity index is 1.78. The molecular formula is C24H38O4S3Si2. The van der Waals surface area contributed by atoms with Gasteiger partial charge in [-0.1, -0.05) is 96.1 Å². The second-order valence-corrected chi connectivity index (χ2v) is 19.2. The molecule has 0 saturated carbocycles. The van der Waals surface area contributed by atoms with Crippen LogP contribution in [0.1, 0.15) is 13.8 Å². The second-order valence-electron chi connectivity index (χ2n) is 8.31. The zero-order valence-corrected chi connectivity index (χ0v) is 25.1. The normalized spacial score (nSPS) is 14.2. The SMILES string of the molecule is CO[Si](CC(C)CSSSCC(C)C[Si](OC)(OC)c1ccccc1)(OC)c1ccccc1. The molecule has 0 heterocycles. The van der Waals surface area contributed by atoms with E-state index in [2.05, 4.69) is 62.4 Å². The summed E-state index contributed by atoms with van der Waals surface area (Å²) < 4.78 is 23.9. The average Bonchev–Trinajstić information content (AvgIpc) is 2.87. The molecule has 4 nitrogen and oxygen atoms in total. The molecule has 0 bridgehead atoms. The molecule has 0 spiro atoms. The topological polar surface area (TPSA) is 36.9 Å². The molecule has 2 atom stereocenters. The van der Waals surface area contributed by atoms with Gasteiger partial charge in [-0.3, -0.25) is 0 Å². The third kappa shape index (κ3) is 8.43. The van der Waals surface area contributed by atoms with Crippen molar-refractivity contribution in [3.05, 3.63) is 60.7 Å². The highest BCUT2D eigenvalue weighted by Gasteiger charge is 2.40. The Labute approximate surface area is 214 Å². The quantitative estimate of drug-likeness (QED) is 0.156. The van der Waals surface area contributed by atoms with Crippen molar-refractivity contribution in [3.63, 3.8) is 0 Å². The minimum atomic E-state index is -2.39. The first-order valence-electron chi connectivity index (χ1n) is 11.2. The molecule has 2 unspecified atom stereocenters. The van der Waals surface area contributed by atoms with Gasteiger partial charge in [0, 0.05) is 39.9 Å². The first-order chi connectivity index (χ1) is 15.9. The molecule has 2 rings (SSSR count). The molecule has 0 aliphatic carbocycles. The summed E-state index contributed by atoms with van der Waals surface area (Å²) in [6.45, 7) is 4.58. The Morgan fingerprint density at radius 3 is 1.24 bits per heavy atom. The smallest absolute Gasteiger partial charge is 0.372 e. The van der Waals surface area contributed by atoms with Crippen molar-refractivity contribution in [2.75, 3.05) is 39.9 Å². The summed E-state index contributed by atoms with van der Waals surface area (Å²) in [6, 6.07) is 22.7. The van der Waals surface area contributed by atoms with Gasteiger partial charge in [-0.25, -0.2) is 0 Å². The predicted octanol–water partition coefficient (Wildman–Crippen LogP) is 5.57. The fraction of sp³-hybridized carbons (Fsp3) is 0.500. The maximum atomic E-state index is 5.98. The first-order valence-corrected chi connectivity index (χ1v) is 19.0. The van der Waals surface area contributed by atoms with E-state index < -0.39 is 17.1 Å². The Morgan fingerprint density at radius 2 is 0.939 bits per heavy atom. The average molecular weight is 543 g/mol. The van der Waals surface area contributed by atoms with Gasteiger partial charge in [0.05, 0.1) is 0 Å². The van der Waals surface area contributed by atoms with Crippen LogP contribution in [0.3, 0.4) is 0 Å². The highest BCUT2D eigenvalue weighted by atomic mass is 33.5. The highest BCUT2D eigenvalue weighted by Crippen LogP contribution is 2.39. The molecule has 33 heavy (non-hydrogen) atoms. The van der Waals surface area contributed by atoms with Crippen LogP contribution in [-0.4, -0.2) is 57.1 Å². The van der Waals surface area contributed by atoms with Crippen molar-refractivity contribution in [2.45, 2.75) is 25.9 Å². The number of benzene rings is 2. The monoisotopic (exact) mass is 542 g/mol. The highest BCUT2D eigenvalue weighted by molar-refractivity contribution is 9.09. The molecule has 0 aliphatic rings. The van der Waals surface area contributed by atoms with E-state index in [1.54, 1.807) is 28.4 Å². The van der Waals surface area contributed by atoms with E-state index >= 15 is 0 Å². The molecule has 0 aliphatic heterocycles. The van der Waals surface area contributed by atoms with Crippen LogP contribution in [0.15, 0.2) is 60.7 Å².